The maximum absolute atomic E-state index is 10.5. The number of oxime groups is 1. The van der Waals surface area contributed by atoms with Crippen LogP contribution in [-0.2, 0) is 14.4 Å². The summed E-state index contributed by atoms with van der Waals surface area (Å²) in [5.74, 6) is -0.476. The van der Waals surface area contributed by atoms with Crippen LogP contribution in [0.15, 0.2) is 5.16 Å². The van der Waals surface area contributed by atoms with Gasteiger partial charge in [0.25, 0.3) is 0 Å². The third kappa shape index (κ3) is 5.08. The van der Waals surface area contributed by atoms with Gasteiger partial charge in [0.1, 0.15) is 6.61 Å². The molecule has 0 saturated carbocycles. The minimum absolute atomic E-state index is 0.358. The summed E-state index contributed by atoms with van der Waals surface area (Å²) >= 11 is 0. The van der Waals surface area contributed by atoms with Crippen LogP contribution in [0, 0.1) is 0 Å². The van der Waals surface area contributed by atoms with Gasteiger partial charge in [0.05, 0.1) is 6.61 Å². The third-order valence-electron chi connectivity index (χ3n) is 0.648. The van der Waals surface area contributed by atoms with Gasteiger partial charge in [0, 0.05) is 0 Å². The summed E-state index contributed by atoms with van der Waals surface area (Å²) in [4.78, 5) is 15.0. The Bertz CT molecular complexity index is 122. The number of esters is 1. The summed E-state index contributed by atoms with van der Waals surface area (Å²) in [6.45, 7) is 4.32. The Morgan fingerprint density at radius 3 is 2.70 bits per heavy atom. The van der Waals surface area contributed by atoms with Gasteiger partial charge < -0.3 is 9.57 Å². The molecule has 0 heterocycles. The second-order valence-electron chi connectivity index (χ2n) is 1.40. The molecule has 0 unspecified atom stereocenters. The summed E-state index contributed by atoms with van der Waals surface area (Å²) in [6, 6.07) is 0. The predicted octanol–water partition coefficient (Wildman–Crippen LogP) is 0.572. The molecule has 0 bridgehead atoms. The largest absolute Gasteiger partial charge is 0.462 e. The van der Waals surface area contributed by atoms with Crippen molar-refractivity contribution in [3.63, 3.8) is 0 Å². The van der Waals surface area contributed by atoms with E-state index in [1.54, 1.807) is 13.8 Å². The molecule has 0 fully saturated rings. The average molecular weight is 145 g/mol. The Hall–Kier alpha value is -1.06. The highest BCUT2D eigenvalue weighted by Gasteiger charge is 1.92. The van der Waals surface area contributed by atoms with E-state index in [0.717, 1.165) is 6.21 Å². The Morgan fingerprint density at radius 2 is 2.20 bits per heavy atom. The molecule has 0 amide bonds. The van der Waals surface area contributed by atoms with Gasteiger partial charge in [-0.15, -0.1) is 0 Å². The van der Waals surface area contributed by atoms with Crippen LogP contribution in [-0.4, -0.2) is 25.4 Å². The number of hydrogen-bond donors (Lipinski definition) is 0. The number of ether oxygens (including phenoxy) is 1. The lowest BCUT2D eigenvalue weighted by Gasteiger charge is -1.93. The number of carbonyl (C=O) groups is 1. The van der Waals surface area contributed by atoms with E-state index in [9.17, 15) is 4.79 Å². The van der Waals surface area contributed by atoms with E-state index in [1.807, 2.05) is 0 Å². The third-order valence-corrected chi connectivity index (χ3v) is 0.648. The molecule has 0 aliphatic carbocycles. The molecule has 4 nitrogen and oxygen atoms in total. The zero-order valence-electron chi connectivity index (χ0n) is 6.16. The molecule has 0 aromatic rings. The second-order valence-corrected chi connectivity index (χ2v) is 1.40. The Kier molecular flexibility index (Phi) is 5.42. The minimum Gasteiger partial charge on any atom is -0.462 e. The lowest BCUT2D eigenvalue weighted by atomic mass is 10.7. The summed E-state index contributed by atoms with van der Waals surface area (Å²) in [6.07, 6.45) is 1.01. The lowest BCUT2D eigenvalue weighted by Crippen LogP contribution is -2.04. The monoisotopic (exact) mass is 145 g/mol. The average Bonchev–Trinajstić information content (AvgIpc) is 1.89. The maximum atomic E-state index is 10.5. The van der Waals surface area contributed by atoms with E-state index in [0.29, 0.717) is 13.2 Å². The predicted molar refractivity (Wildman–Crippen MR) is 36.8 cm³/mol. The highest BCUT2D eigenvalue weighted by Crippen LogP contribution is 1.75. The lowest BCUT2D eigenvalue weighted by molar-refractivity contribution is -0.134. The van der Waals surface area contributed by atoms with Gasteiger partial charge in [0.15, 0.2) is 6.21 Å². The molecule has 58 valence electrons. The summed E-state index contributed by atoms with van der Waals surface area (Å²) < 4.78 is 4.52. The summed E-state index contributed by atoms with van der Waals surface area (Å²) in [7, 11) is 0. The highest BCUT2D eigenvalue weighted by atomic mass is 16.6. The molecule has 0 spiro atoms. The van der Waals surface area contributed by atoms with E-state index >= 15 is 0 Å². The minimum atomic E-state index is -0.476. The van der Waals surface area contributed by atoms with Crippen LogP contribution in [0.3, 0.4) is 0 Å². The number of nitrogens with zero attached hydrogens (tertiary/aromatic N) is 1. The quantitative estimate of drug-likeness (QED) is 0.330. The SMILES string of the molecule is CCO/N=C\C(=O)OCC. The topological polar surface area (TPSA) is 47.9 Å². The standard InChI is InChI=1S/C6H11NO3/c1-3-9-6(8)5-7-10-4-2/h5H,3-4H2,1-2H3/b7-5-. The normalized spacial score (nSPS) is 9.80. The molecule has 0 radical (unpaired) electrons. The molecule has 10 heavy (non-hydrogen) atoms. The second kappa shape index (κ2) is 6.07. The molecular formula is C6H11NO3. The fourth-order valence-electron chi connectivity index (χ4n) is 0.334. The highest BCUT2D eigenvalue weighted by molar-refractivity contribution is 6.22. The van der Waals surface area contributed by atoms with Gasteiger partial charge in [-0.1, -0.05) is 5.16 Å². The molecule has 0 saturated heterocycles. The van der Waals surface area contributed by atoms with Crippen molar-refractivity contribution < 1.29 is 14.4 Å². The zero-order chi connectivity index (χ0) is 7.82. The molecule has 0 aromatic heterocycles. The van der Waals surface area contributed by atoms with Crippen LogP contribution in [0.2, 0.25) is 0 Å². The van der Waals surface area contributed by atoms with Crippen molar-refractivity contribution in [3.8, 4) is 0 Å². The Morgan fingerprint density at radius 1 is 1.50 bits per heavy atom. The van der Waals surface area contributed by atoms with Crippen molar-refractivity contribution in [3.05, 3.63) is 0 Å². The van der Waals surface area contributed by atoms with Crippen molar-refractivity contribution in [2.75, 3.05) is 13.2 Å². The summed E-state index contributed by atoms with van der Waals surface area (Å²) in [5, 5.41) is 3.31. The van der Waals surface area contributed by atoms with E-state index in [2.05, 4.69) is 14.7 Å². The molecule has 0 aliphatic heterocycles. The van der Waals surface area contributed by atoms with Crippen molar-refractivity contribution in [2.45, 2.75) is 13.8 Å². The van der Waals surface area contributed by atoms with Gasteiger partial charge in [-0.3, -0.25) is 0 Å². The first-order valence-corrected chi connectivity index (χ1v) is 3.13. The summed E-state index contributed by atoms with van der Waals surface area (Å²) in [5.41, 5.74) is 0. The maximum Gasteiger partial charge on any atom is 0.352 e. The molecule has 0 N–H and O–H groups in total. The molecule has 0 atom stereocenters. The molecule has 0 aromatic carbocycles. The van der Waals surface area contributed by atoms with Crippen LogP contribution in [0.1, 0.15) is 13.8 Å². The first kappa shape index (κ1) is 8.94. The first-order valence-electron chi connectivity index (χ1n) is 3.13. The number of hydrogen-bond acceptors (Lipinski definition) is 4. The first-order chi connectivity index (χ1) is 4.81. The van der Waals surface area contributed by atoms with Crippen LogP contribution in [0.5, 0.6) is 0 Å². The molecule has 0 aliphatic rings. The van der Waals surface area contributed by atoms with E-state index in [4.69, 9.17) is 0 Å². The van der Waals surface area contributed by atoms with Gasteiger partial charge >= 0.3 is 5.97 Å². The smallest absolute Gasteiger partial charge is 0.352 e. The number of rotatable bonds is 4. The Labute approximate surface area is 59.8 Å². The van der Waals surface area contributed by atoms with Crippen molar-refractivity contribution in [1.29, 1.82) is 0 Å². The number of carbonyl (C=O) groups excluding carboxylic acids is 1. The van der Waals surface area contributed by atoms with Crippen LogP contribution < -0.4 is 0 Å². The van der Waals surface area contributed by atoms with E-state index in [1.165, 1.54) is 0 Å². The van der Waals surface area contributed by atoms with Crippen LogP contribution >= 0.6 is 0 Å². The van der Waals surface area contributed by atoms with Crippen LogP contribution in [0.4, 0.5) is 0 Å². The van der Waals surface area contributed by atoms with Gasteiger partial charge in [-0.2, -0.15) is 0 Å². The molecule has 0 rings (SSSR count). The Balaban J connectivity index is 3.36. The van der Waals surface area contributed by atoms with E-state index < -0.39 is 5.97 Å². The zero-order valence-corrected chi connectivity index (χ0v) is 6.16. The van der Waals surface area contributed by atoms with Crippen LogP contribution in [0.25, 0.3) is 0 Å². The van der Waals surface area contributed by atoms with Gasteiger partial charge in [-0.05, 0) is 13.8 Å². The molecular weight excluding hydrogens is 134 g/mol. The van der Waals surface area contributed by atoms with Crippen molar-refractivity contribution in [1.82, 2.24) is 0 Å². The van der Waals surface area contributed by atoms with Gasteiger partial charge in [0.2, 0.25) is 0 Å². The van der Waals surface area contributed by atoms with Crippen molar-refractivity contribution >= 4 is 12.2 Å². The molecule has 4 heteroatoms. The van der Waals surface area contributed by atoms with Crippen molar-refractivity contribution in [2.24, 2.45) is 5.16 Å². The fourth-order valence-corrected chi connectivity index (χ4v) is 0.334. The fraction of sp³-hybridized carbons (Fsp3) is 0.667. The van der Waals surface area contributed by atoms with Gasteiger partial charge in [-0.25, -0.2) is 4.79 Å². The van der Waals surface area contributed by atoms with E-state index in [-0.39, 0.29) is 0 Å².